The number of phosphoric ester groups is 1. The van der Waals surface area contributed by atoms with Gasteiger partial charge in [-0.1, -0.05) is 159 Å². The van der Waals surface area contributed by atoms with Gasteiger partial charge < -0.3 is 24.4 Å². The third-order valence-corrected chi connectivity index (χ3v) is 8.83. The van der Waals surface area contributed by atoms with Gasteiger partial charge in [-0.25, -0.2) is 4.57 Å². The van der Waals surface area contributed by atoms with E-state index in [0.29, 0.717) is 19.3 Å². The maximum Gasteiger partial charge on any atom is 0.469 e. The fraction of sp³-hybridized carbons (Fsp3) is 0.756. The van der Waals surface area contributed by atoms with Crippen LogP contribution in [0.1, 0.15) is 168 Å². The summed E-state index contributed by atoms with van der Waals surface area (Å²) in [5.41, 5.74) is 0. The highest BCUT2D eigenvalue weighted by Gasteiger charge is 2.22. The molecule has 0 aromatic heterocycles. The van der Waals surface area contributed by atoms with Crippen LogP contribution in [0, 0.1) is 5.92 Å². The lowest BCUT2D eigenvalue weighted by Crippen LogP contribution is -2.29. The monoisotopic (exact) mass is 740 g/mol. The molecule has 0 radical (unpaired) electrons. The lowest BCUT2D eigenvalue weighted by molar-refractivity contribution is -0.161. The smallest absolute Gasteiger partial charge is 0.462 e. The molecule has 0 bridgehead atoms. The van der Waals surface area contributed by atoms with E-state index in [1.165, 1.54) is 57.8 Å². The number of phosphoric acid groups is 1. The molecule has 3 N–H and O–H groups in total. The fourth-order valence-corrected chi connectivity index (χ4v) is 5.69. The van der Waals surface area contributed by atoms with E-state index in [4.69, 9.17) is 19.3 Å². The predicted molar refractivity (Wildman–Crippen MR) is 208 cm³/mol. The zero-order chi connectivity index (χ0) is 37.8. The molecule has 0 spiro atoms. The van der Waals surface area contributed by atoms with E-state index in [-0.39, 0.29) is 25.6 Å². The summed E-state index contributed by atoms with van der Waals surface area (Å²) >= 11 is 0. The van der Waals surface area contributed by atoms with Crippen LogP contribution < -0.4 is 0 Å². The molecule has 0 aliphatic heterocycles. The Bertz CT molecular complexity index is 999. The van der Waals surface area contributed by atoms with E-state index >= 15 is 0 Å². The molecule has 0 aliphatic carbocycles. The zero-order valence-electron chi connectivity index (χ0n) is 32.3. The molecule has 10 heteroatoms. The van der Waals surface area contributed by atoms with Gasteiger partial charge in [-0.3, -0.25) is 14.1 Å². The van der Waals surface area contributed by atoms with Crippen LogP contribution in [-0.2, 0) is 28.2 Å². The van der Waals surface area contributed by atoms with Crippen LogP contribution in [0.4, 0.5) is 0 Å². The summed E-state index contributed by atoms with van der Waals surface area (Å²) in [5, 5.41) is 9.78. The number of carbonyl (C=O) groups is 2. The van der Waals surface area contributed by atoms with Crippen LogP contribution in [0.15, 0.2) is 48.6 Å². The van der Waals surface area contributed by atoms with Crippen molar-refractivity contribution in [2.24, 2.45) is 5.92 Å². The van der Waals surface area contributed by atoms with Crippen molar-refractivity contribution in [1.29, 1.82) is 0 Å². The standard InChI is InChI=1S/C41H73O9P/c1-4-5-31-38(42)32-27-23-19-15-11-7-9-13-17-21-25-29-34-41(44)50-39(36-49-51(45,46)47)35-48-40(43)33-28-24-20-16-12-8-6-10-14-18-22-26-30-37(2)3/h7,9,15,17,19,21,27,32,37-39,42H,4-6,8,10-14,16,18,20,22-26,28-31,33-36H2,1-3H3,(H2,45,46,47)/b9-7-,19-15-,21-17-,32-27-/t38-,39-/m1/s1. The molecule has 296 valence electrons. The van der Waals surface area contributed by atoms with Crippen LogP contribution in [-0.4, -0.2) is 52.3 Å². The van der Waals surface area contributed by atoms with Crippen molar-refractivity contribution < 1.29 is 43.0 Å². The summed E-state index contributed by atoms with van der Waals surface area (Å²) in [5.74, 6) is -0.161. The van der Waals surface area contributed by atoms with Crippen LogP contribution in [0.25, 0.3) is 0 Å². The van der Waals surface area contributed by atoms with Crippen molar-refractivity contribution in [1.82, 2.24) is 0 Å². The molecule has 0 amide bonds. The average molecular weight is 741 g/mol. The first-order valence-electron chi connectivity index (χ1n) is 19.9. The first kappa shape index (κ1) is 49.0. The molecular formula is C41H73O9P. The van der Waals surface area contributed by atoms with E-state index in [2.05, 4.69) is 49.6 Å². The van der Waals surface area contributed by atoms with Gasteiger partial charge in [0.2, 0.25) is 0 Å². The summed E-state index contributed by atoms with van der Waals surface area (Å²) in [6, 6.07) is 0. The fourth-order valence-electron chi connectivity index (χ4n) is 5.33. The number of rotatable bonds is 35. The molecule has 0 fully saturated rings. The van der Waals surface area contributed by atoms with Crippen molar-refractivity contribution in [3.63, 3.8) is 0 Å². The minimum absolute atomic E-state index is 0.119. The molecule has 51 heavy (non-hydrogen) atoms. The minimum atomic E-state index is -4.78. The number of aliphatic hydroxyl groups excluding tert-OH is 1. The van der Waals surface area contributed by atoms with Crippen molar-refractivity contribution in [2.45, 2.75) is 181 Å². The van der Waals surface area contributed by atoms with Gasteiger partial charge in [-0.15, -0.1) is 0 Å². The lowest BCUT2D eigenvalue weighted by Gasteiger charge is -2.18. The van der Waals surface area contributed by atoms with Gasteiger partial charge in [0.05, 0.1) is 12.7 Å². The van der Waals surface area contributed by atoms with E-state index in [0.717, 1.165) is 63.7 Å². The summed E-state index contributed by atoms with van der Waals surface area (Å²) < 4.78 is 26.3. The van der Waals surface area contributed by atoms with Gasteiger partial charge in [0, 0.05) is 12.8 Å². The molecule has 2 atom stereocenters. The Balaban J connectivity index is 4.08. The first-order chi connectivity index (χ1) is 24.5. The molecule has 0 saturated heterocycles. The third kappa shape index (κ3) is 39.0. The molecule has 9 nitrogen and oxygen atoms in total. The number of allylic oxidation sites excluding steroid dienone is 7. The Morgan fingerprint density at radius 1 is 0.627 bits per heavy atom. The van der Waals surface area contributed by atoms with Gasteiger partial charge in [0.25, 0.3) is 0 Å². The van der Waals surface area contributed by atoms with E-state index in [9.17, 15) is 19.3 Å². The Morgan fingerprint density at radius 2 is 1.14 bits per heavy atom. The highest BCUT2D eigenvalue weighted by Crippen LogP contribution is 2.36. The van der Waals surface area contributed by atoms with Gasteiger partial charge >= 0.3 is 19.8 Å². The van der Waals surface area contributed by atoms with Crippen molar-refractivity contribution >= 4 is 19.8 Å². The molecule has 0 aromatic carbocycles. The number of carbonyl (C=O) groups excluding carboxylic acids is 2. The van der Waals surface area contributed by atoms with Crippen molar-refractivity contribution in [3.05, 3.63) is 48.6 Å². The average Bonchev–Trinajstić information content (AvgIpc) is 3.08. The molecule has 0 saturated carbocycles. The Morgan fingerprint density at radius 3 is 1.69 bits per heavy atom. The minimum Gasteiger partial charge on any atom is -0.462 e. The quantitative estimate of drug-likeness (QED) is 0.0251. The van der Waals surface area contributed by atoms with Crippen molar-refractivity contribution in [3.8, 4) is 0 Å². The molecule has 0 unspecified atom stereocenters. The normalized spacial score (nSPS) is 13.7. The summed E-state index contributed by atoms with van der Waals surface area (Å²) in [6.45, 7) is 5.80. The number of esters is 2. The summed E-state index contributed by atoms with van der Waals surface area (Å²) in [4.78, 5) is 42.7. The third-order valence-electron chi connectivity index (χ3n) is 8.35. The number of unbranched alkanes of at least 4 members (excludes halogenated alkanes) is 13. The van der Waals surface area contributed by atoms with Crippen LogP contribution in [0.5, 0.6) is 0 Å². The predicted octanol–water partition coefficient (Wildman–Crippen LogP) is 10.8. The van der Waals surface area contributed by atoms with Crippen molar-refractivity contribution in [2.75, 3.05) is 13.2 Å². The topological polar surface area (TPSA) is 140 Å². The van der Waals surface area contributed by atoms with Gasteiger partial charge in [0.1, 0.15) is 6.61 Å². The van der Waals surface area contributed by atoms with E-state index < -0.39 is 32.5 Å². The Labute approximate surface area is 310 Å². The number of aliphatic hydroxyl groups is 1. The van der Waals surface area contributed by atoms with Gasteiger partial charge in [-0.2, -0.15) is 0 Å². The summed E-state index contributed by atoms with van der Waals surface area (Å²) in [6.07, 6.45) is 37.5. The lowest BCUT2D eigenvalue weighted by atomic mass is 10.0. The van der Waals surface area contributed by atoms with Crippen LogP contribution in [0.3, 0.4) is 0 Å². The highest BCUT2D eigenvalue weighted by atomic mass is 31.2. The summed E-state index contributed by atoms with van der Waals surface area (Å²) in [7, 11) is -4.78. The maximum atomic E-state index is 12.4. The second-order valence-electron chi connectivity index (χ2n) is 13.9. The molecule has 0 aromatic rings. The van der Waals surface area contributed by atoms with Gasteiger partial charge in [0.15, 0.2) is 6.10 Å². The second kappa shape index (κ2) is 35.0. The Kier molecular flexibility index (Phi) is 33.6. The largest absolute Gasteiger partial charge is 0.469 e. The van der Waals surface area contributed by atoms with Gasteiger partial charge in [-0.05, 0) is 50.9 Å². The first-order valence-corrected chi connectivity index (χ1v) is 21.4. The highest BCUT2D eigenvalue weighted by molar-refractivity contribution is 7.46. The Hall–Kier alpha value is -2.03. The maximum absolute atomic E-state index is 12.4. The zero-order valence-corrected chi connectivity index (χ0v) is 33.2. The number of hydrogen-bond acceptors (Lipinski definition) is 7. The second-order valence-corrected chi connectivity index (χ2v) is 15.1. The molecule has 0 rings (SSSR count). The van der Waals surface area contributed by atoms with Crippen LogP contribution >= 0.6 is 7.82 Å². The number of hydrogen-bond donors (Lipinski definition) is 3. The molecule has 0 aliphatic rings. The molecule has 0 heterocycles. The van der Waals surface area contributed by atoms with E-state index in [1.54, 1.807) is 0 Å². The SMILES string of the molecule is CCCC[C@@H](O)/C=C\C/C=C\C/C=C\C/C=C\CCCC(=O)O[C@H](COC(=O)CCCCCCCCCCCCCCC(C)C)COP(=O)(O)O. The number of ether oxygens (including phenoxy) is 2. The van der Waals surface area contributed by atoms with E-state index in [1.807, 2.05) is 24.3 Å². The van der Waals surface area contributed by atoms with Crippen LogP contribution in [0.2, 0.25) is 0 Å². The molecular weight excluding hydrogens is 667 g/mol.